The van der Waals surface area contributed by atoms with Crippen molar-refractivity contribution in [1.29, 1.82) is 0 Å². The van der Waals surface area contributed by atoms with Gasteiger partial charge in [-0.05, 0) is 20.8 Å². The standard InChI is InChI=1S/C13H18O4/c1-4-15-10-7-12(16-5-2)11(9-14)13(8-10)17-6-3/h7-9H,4-6H2,1-3H3. The number of carbonyl (C=O) groups excluding carboxylic acids is 1. The Hall–Kier alpha value is -1.71. The van der Waals surface area contributed by atoms with Crippen LogP contribution in [0.3, 0.4) is 0 Å². The van der Waals surface area contributed by atoms with E-state index in [-0.39, 0.29) is 0 Å². The number of benzene rings is 1. The fourth-order valence-electron chi connectivity index (χ4n) is 1.49. The molecule has 0 spiro atoms. The van der Waals surface area contributed by atoms with Crippen LogP contribution in [0.15, 0.2) is 12.1 Å². The van der Waals surface area contributed by atoms with Gasteiger partial charge in [0.1, 0.15) is 17.2 Å². The number of aldehydes is 1. The smallest absolute Gasteiger partial charge is 0.157 e. The van der Waals surface area contributed by atoms with Gasteiger partial charge in [-0.3, -0.25) is 4.79 Å². The lowest BCUT2D eigenvalue weighted by atomic mass is 10.2. The van der Waals surface area contributed by atoms with E-state index in [0.717, 1.165) is 6.29 Å². The van der Waals surface area contributed by atoms with Crippen molar-refractivity contribution >= 4 is 6.29 Å². The van der Waals surface area contributed by atoms with E-state index in [0.29, 0.717) is 42.6 Å². The van der Waals surface area contributed by atoms with Crippen LogP contribution < -0.4 is 14.2 Å². The molecule has 0 unspecified atom stereocenters. The first-order valence-corrected chi connectivity index (χ1v) is 5.78. The Labute approximate surface area is 101 Å². The molecule has 17 heavy (non-hydrogen) atoms. The second-order valence-electron chi connectivity index (χ2n) is 3.25. The molecule has 0 fully saturated rings. The fourth-order valence-corrected chi connectivity index (χ4v) is 1.49. The molecule has 0 heterocycles. The minimum atomic E-state index is 0.428. The van der Waals surface area contributed by atoms with Crippen molar-refractivity contribution in [2.24, 2.45) is 0 Å². The first kappa shape index (κ1) is 13.4. The Balaban J connectivity index is 3.18. The van der Waals surface area contributed by atoms with Crippen molar-refractivity contribution in [3.63, 3.8) is 0 Å². The lowest BCUT2D eigenvalue weighted by molar-refractivity contribution is 0.111. The summed E-state index contributed by atoms with van der Waals surface area (Å²) in [7, 11) is 0. The summed E-state index contributed by atoms with van der Waals surface area (Å²) in [5.41, 5.74) is 0.428. The summed E-state index contributed by atoms with van der Waals surface area (Å²) in [4.78, 5) is 11.1. The number of hydrogen-bond donors (Lipinski definition) is 0. The molecule has 1 aromatic rings. The van der Waals surface area contributed by atoms with Gasteiger partial charge in [-0.2, -0.15) is 0 Å². The van der Waals surface area contributed by atoms with Gasteiger partial charge in [0.15, 0.2) is 6.29 Å². The van der Waals surface area contributed by atoms with E-state index in [2.05, 4.69) is 0 Å². The Kier molecular flexibility index (Phi) is 5.33. The molecule has 0 amide bonds. The number of carbonyl (C=O) groups is 1. The van der Waals surface area contributed by atoms with Gasteiger partial charge in [-0.1, -0.05) is 0 Å². The van der Waals surface area contributed by atoms with Gasteiger partial charge >= 0.3 is 0 Å². The van der Waals surface area contributed by atoms with Crippen LogP contribution in [0.25, 0.3) is 0 Å². The lowest BCUT2D eigenvalue weighted by Gasteiger charge is -2.14. The van der Waals surface area contributed by atoms with E-state index >= 15 is 0 Å². The number of ether oxygens (including phenoxy) is 3. The zero-order valence-electron chi connectivity index (χ0n) is 10.5. The first-order valence-electron chi connectivity index (χ1n) is 5.78. The van der Waals surface area contributed by atoms with E-state index in [1.807, 2.05) is 20.8 Å². The second kappa shape index (κ2) is 6.78. The predicted octanol–water partition coefficient (Wildman–Crippen LogP) is 2.70. The van der Waals surface area contributed by atoms with Crippen LogP contribution in [0.4, 0.5) is 0 Å². The molecule has 4 nitrogen and oxygen atoms in total. The maximum absolute atomic E-state index is 11.1. The van der Waals surface area contributed by atoms with Crippen LogP contribution in [0, 0.1) is 0 Å². The molecule has 0 aliphatic rings. The minimum absolute atomic E-state index is 0.428. The summed E-state index contributed by atoms with van der Waals surface area (Å²) in [6.07, 6.45) is 0.742. The Morgan fingerprint density at radius 1 is 0.941 bits per heavy atom. The molecule has 0 saturated carbocycles. The fraction of sp³-hybridized carbons (Fsp3) is 0.462. The predicted molar refractivity (Wildman–Crippen MR) is 65.3 cm³/mol. The summed E-state index contributed by atoms with van der Waals surface area (Å²) in [5.74, 6) is 1.64. The van der Waals surface area contributed by atoms with Crippen LogP contribution >= 0.6 is 0 Å². The molecule has 0 radical (unpaired) electrons. The Morgan fingerprint density at radius 2 is 1.41 bits per heavy atom. The summed E-state index contributed by atoms with van der Waals surface area (Å²) >= 11 is 0. The van der Waals surface area contributed by atoms with E-state index in [4.69, 9.17) is 14.2 Å². The summed E-state index contributed by atoms with van der Waals surface area (Å²) < 4.78 is 16.2. The van der Waals surface area contributed by atoms with Crippen LogP contribution in [0.2, 0.25) is 0 Å². The van der Waals surface area contributed by atoms with E-state index in [9.17, 15) is 4.79 Å². The van der Waals surface area contributed by atoms with Crippen LogP contribution in [0.5, 0.6) is 17.2 Å². The zero-order chi connectivity index (χ0) is 12.7. The van der Waals surface area contributed by atoms with Crippen molar-refractivity contribution < 1.29 is 19.0 Å². The van der Waals surface area contributed by atoms with Crippen molar-refractivity contribution in [3.05, 3.63) is 17.7 Å². The molecular formula is C13H18O4. The van der Waals surface area contributed by atoms with Gasteiger partial charge in [0.25, 0.3) is 0 Å². The highest BCUT2D eigenvalue weighted by molar-refractivity contribution is 5.84. The molecule has 0 bridgehead atoms. The van der Waals surface area contributed by atoms with Gasteiger partial charge in [0.2, 0.25) is 0 Å². The molecule has 0 aliphatic carbocycles. The molecule has 1 rings (SSSR count). The molecule has 94 valence electrons. The van der Waals surface area contributed by atoms with Gasteiger partial charge in [-0.15, -0.1) is 0 Å². The highest BCUT2D eigenvalue weighted by Gasteiger charge is 2.13. The summed E-state index contributed by atoms with van der Waals surface area (Å²) in [6, 6.07) is 3.42. The molecule has 4 heteroatoms. The number of rotatable bonds is 7. The summed E-state index contributed by atoms with van der Waals surface area (Å²) in [6.45, 7) is 7.15. The molecule has 0 N–H and O–H groups in total. The zero-order valence-corrected chi connectivity index (χ0v) is 10.5. The van der Waals surface area contributed by atoms with Crippen LogP contribution in [-0.2, 0) is 0 Å². The monoisotopic (exact) mass is 238 g/mol. The summed E-state index contributed by atoms with van der Waals surface area (Å²) in [5, 5.41) is 0. The van der Waals surface area contributed by atoms with E-state index in [1.165, 1.54) is 0 Å². The van der Waals surface area contributed by atoms with Crippen LogP contribution in [-0.4, -0.2) is 26.1 Å². The molecule has 1 aromatic carbocycles. The maximum atomic E-state index is 11.1. The molecule has 0 saturated heterocycles. The molecular weight excluding hydrogens is 220 g/mol. The minimum Gasteiger partial charge on any atom is -0.494 e. The normalized spacial score (nSPS) is 9.82. The Morgan fingerprint density at radius 3 is 1.76 bits per heavy atom. The average Bonchev–Trinajstić information content (AvgIpc) is 2.30. The molecule has 0 aromatic heterocycles. The molecule has 0 atom stereocenters. The van der Waals surface area contributed by atoms with Gasteiger partial charge in [0.05, 0.1) is 25.4 Å². The topological polar surface area (TPSA) is 44.8 Å². The van der Waals surface area contributed by atoms with Crippen molar-refractivity contribution in [1.82, 2.24) is 0 Å². The third-order valence-electron chi connectivity index (χ3n) is 2.11. The van der Waals surface area contributed by atoms with Gasteiger partial charge < -0.3 is 14.2 Å². The van der Waals surface area contributed by atoms with Gasteiger partial charge in [0, 0.05) is 12.1 Å². The highest BCUT2D eigenvalue weighted by Crippen LogP contribution is 2.33. The number of hydrogen-bond acceptors (Lipinski definition) is 4. The largest absolute Gasteiger partial charge is 0.494 e. The third kappa shape index (κ3) is 3.37. The lowest BCUT2D eigenvalue weighted by Crippen LogP contribution is -2.02. The quantitative estimate of drug-likeness (QED) is 0.685. The average molecular weight is 238 g/mol. The van der Waals surface area contributed by atoms with Crippen molar-refractivity contribution in [3.8, 4) is 17.2 Å². The molecule has 0 aliphatic heterocycles. The van der Waals surface area contributed by atoms with Crippen molar-refractivity contribution in [2.75, 3.05) is 19.8 Å². The van der Waals surface area contributed by atoms with E-state index in [1.54, 1.807) is 12.1 Å². The van der Waals surface area contributed by atoms with E-state index < -0.39 is 0 Å². The SMILES string of the molecule is CCOc1cc(OCC)c(C=O)c(OCC)c1. The highest BCUT2D eigenvalue weighted by atomic mass is 16.5. The first-order chi connectivity index (χ1) is 8.26. The van der Waals surface area contributed by atoms with Gasteiger partial charge in [-0.25, -0.2) is 0 Å². The Bertz CT molecular complexity index is 347. The third-order valence-corrected chi connectivity index (χ3v) is 2.11. The second-order valence-corrected chi connectivity index (χ2v) is 3.25. The van der Waals surface area contributed by atoms with Crippen LogP contribution in [0.1, 0.15) is 31.1 Å². The van der Waals surface area contributed by atoms with Crippen molar-refractivity contribution in [2.45, 2.75) is 20.8 Å². The maximum Gasteiger partial charge on any atom is 0.157 e.